The van der Waals surface area contributed by atoms with Crippen molar-refractivity contribution < 1.29 is 13.9 Å². The van der Waals surface area contributed by atoms with Crippen LogP contribution in [0.1, 0.15) is 5.56 Å². The molecule has 0 aromatic heterocycles. The van der Waals surface area contributed by atoms with E-state index in [-0.39, 0.29) is 5.82 Å². The van der Waals surface area contributed by atoms with Gasteiger partial charge in [-0.2, -0.15) is 0 Å². The highest BCUT2D eigenvalue weighted by Gasteiger charge is 2.15. The Kier molecular flexibility index (Phi) is 5.65. The third-order valence-electron chi connectivity index (χ3n) is 4.91. The van der Waals surface area contributed by atoms with E-state index in [0.717, 1.165) is 50.6 Å². The lowest BCUT2D eigenvalue weighted by Gasteiger charge is -2.29. The molecule has 2 aromatic rings. The molecule has 2 saturated heterocycles. The lowest BCUT2D eigenvalue weighted by atomic mass is 10.2. The highest BCUT2D eigenvalue weighted by Crippen LogP contribution is 2.23. The summed E-state index contributed by atoms with van der Waals surface area (Å²) in [6, 6.07) is 13.4. The van der Waals surface area contributed by atoms with Crippen molar-refractivity contribution >= 4 is 23.3 Å². The van der Waals surface area contributed by atoms with Gasteiger partial charge in [0.1, 0.15) is 5.82 Å². The lowest BCUT2D eigenvalue weighted by Crippen LogP contribution is -2.36. The van der Waals surface area contributed by atoms with Crippen LogP contribution in [0.5, 0.6) is 0 Å². The van der Waals surface area contributed by atoms with Crippen LogP contribution in [-0.2, 0) is 9.47 Å². The summed E-state index contributed by atoms with van der Waals surface area (Å²) >= 11 is 0. The molecule has 27 heavy (non-hydrogen) atoms. The molecule has 4 rings (SSSR count). The maximum absolute atomic E-state index is 14.5. The van der Waals surface area contributed by atoms with Crippen molar-refractivity contribution in [1.82, 2.24) is 0 Å². The van der Waals surface area contributed by atoms with Crippen LogP contribution in [0.2, 0.25) is 0 Å². The summed E-state index contributed by atoms with van der Waals surface area (Å²) in [5.74, 6) is -0.219. The van der Waals surface area contributed by atoms with Gasteiger partial charge in [0.15, 0.2) is 0 Å². The minimum Gasteiger partial charge on any atom is -0.378 e. The molecule has 0 bridgehead atoms. The highest BCUT2D eigenvalue weighted by atomic mass is 19.1. The topological polar surface area (TPSA) is 37.3 Å². The second kappa shape index (κ2) is 8.50. The smallest absolute Gasteiger partial charge is 0.147 e. The van der Waals surface area contributed by atoms with Gasteiger partial charge >= 0.3 is 0 Å². The van der Waals surface area contributed by atoms with Crippen LogP contribution in [0.25, 0.3) is 0 Å². The minimum absolute atomic E-state index is 0.219. The maximum Gasteiger partial charge on any atom is 0.147 e. The van der Waals surface area contributed by atoms with Gasteiger partial charge in [-0.25, -0.2) is 4.39 Å². The van der Waals surface area contributed by atoms with E-state index in [2.05, 4.69) is 22.0 Å². The van der Waals surface area contributed by atoms with E-state index in [9.17, 15) is 4.39 Å². The van der Waals surface area contributed by atoms with Crippen molar-refractivity contribution in [2.24, 2.45) is 4.99 Å². The van der Waals surface area contributed by atoms with Crippen LogP contribution in [0, 0.1) is 5.82 Å². The van der Waals surface area contributed by atoms with E-state index in [1.165, 1.54) is 11.8 Å². The van der Waals surface area contributed by atoms with Gasteiger partial charge in [0, 0.05) is 38.1 Å². The van der Waals surface area contributed by atoms with E-state index in [4.69, 9.17) is 9.47 Å². The molecule has 0 aliphatic carbocycles. The van der Waals surface area contributed by atoms with Gasteiger partial charge in [-0.1, -0.05) is 6.07 Å². The van der Waals surface area contributed by atoms with Crippen molar-refractivity contribution in [2.75, 3.05) is 62.4 Å². The zero-order valence-electron chi connectivity index (χ0n) is 15.3. The summed E-state index contributed by atoms with van der Waals surface area (Å²) in [6.45, 7) is 6.10. The Morgan fingerprint density at radius 1 is 0.815 bits per heavy atom. The van der Waals surface area contributed by atoms with Gasteiger partial charge < -0.3 is 19.3 Å². The number of anilines is 2. The van der Waals surface area contributed by atoms with Gasteiger partial charge in [0.2, 0.25) is 0 Å². The molecule has 5 nitrogen and oxygen atoms in total. The first-order valence-electron chi connectivity index (χ1n) is 9.39. The molecule has 0 unspecified atom stereocenters. The molecular formula is C21H24FN3O2. The van der Waals surface area contributed by atoms with Crippen molar-refractivity contribution in [3.05, 3.63) is 53.8 Å². The quantitative estimate of drug-likeness (QED) is 0.776. The standard InChI is InChI=1S/C21H24FN3O2/c22-20-15-17(1-6-21(20)25-9-13-27-14-10-25)16-23-18-2-4-19(5-3-18)24-7-11-26-12-8-24/h1-6,15-16H,7-14H2. The minimum atomic E-state index is -0.219. The van der Waals surface area contributed by atoms with Crippen molar-refractivity contribution in [2.45, 2.75) is 0 Å². The Hall–Kier alpha value is -2.44. The number of hydrogen-bond acceptors (Lipinski definition) is 5. The fourth-order valence-corrected chi connectivity index (χ4v) is 3.38. The number of benzene rings is 2. The number of rotatable bonds is 4. The first-order chi connectivity index (χ1) is 13.3. The predicted octanol–water partition coefficient (Wildman–Crippen LogP) is 3.25. The average Bonchev–Trinajstić information content (AvgIpc) is 2.74. The molecule has 2 aromatic carbocycles. The molecule has 0 radical (unpaired) electrons. The van der Waals surface area contributed by atoms with Crippen molar-refractivity contribution in [3.63, 3.8) is 0 Å². The van der Waals surface area contributed by atoms with Gasteiger partial charge in [-0.15, -0.1) is 0 Å². The third kappa shape index (κ3) is 4.46. The number of hydrogen-bond donors (Lipinski definition) is 0. The molecule has 2 heterocycles. The Bertz CT molecular complexity index is 783. The van der Waals surface area contributed by atoms with Crippen LogP contribution < -0.4 is 9.80 Å². The summed E-state index contributed by atoms with van der Waals surface area (Å²) in [5, 5.41) is 0. The number of aliphatic imine (C=N–C) groups is 1. The second-order valence-electron chi connectivity index (χ2n) is 6.68. The zero-order chi connectivity index (χ0) is 18.5. The average molecular weight is 369 g/mol. The Balaban J connectivity index is 1.42. The predicted molar refractivity (Wildman–Crippen MR) is 106 cm³/mol. The van der Waals surface area contributed by atoms with E-state index >= 15 is 0 Å². The molecule has 0 saturated carbocycles. The van der Waals surface area contributed by atoms with Crippen LogP contribution in [0.3, 0.4) is 0 Å². The summed E-state index contributed by atoms with van der Waals surface area (Å²) in [5.41, 5.74) is 3.41. The molecule has 142 valence electrons. The molecule has 0 N–H and O–H groups in total. The normalized spacial score (nSPS) is 18.3. The Morgan fingerprint density at radius 3 is 2.07 bits per heavy atom. The van der Waals surface area contributed by atoms with E-state index < -0.39 is 0 Å². The van der Waals surface area contributed by atoms with Gasteiger partial charge in [0.05, 0.1) is 37.8 Å². The van der Waals surface area contributed by atoms with Crippen LogP contribution in [0.15, 0.2) is 47.5 Å². The maximum atomic E-state index is 14.5. The largest absolute Gasteiger partial charge is 0.378 e. The van der Waals surface area contributed by atoms with Crippen molar-refractivity contribution in [1.29, 1.82) is 0 Å². The Morgan fingerprint density at radius 2 is 1.44 bits per heavy atom. The van der Waals surface area contributed by atoms with Crippen LogP contribution in [0.4, 0.5) is 21.5 Å². The molecule has 0 amide bonds. The number of halogens is 1. The van der Waals surface area contributed by atoms with Gasteiger partial charge in [0.25, 0.3) is 0 Å². The molecule has 2 aliphatic heterocycles. The van der Waals surface area contributed by atoms with Gasteiger partial charge in [-0.05, 0) is 42.0 Å². The number of morpholine rings is 2. The zero-order valence-corrected chi connectivity index (χ0v) is 15.3. The fraction of sp³-hybridized carbons (Fsp3) is 0.381. The third-order valence-corrected chi connectivity index (χ3v) is 4.91. The molecule has 2 fully saturated rings. The first-order valence-corrected chi connectivity index (χ1v) is 9.39. The fourth-order valence-electron chi connectivity index (χ4n) is 3.38. The summed E-state index contributed by atoms with van der Waals surface area (Å²) in [4.78, 5) is 8.80. The SMILES string of the molecule is Fc1cc(C=Nc2ccc(N3CCOCC3)cc2)ccc1N1CCOCC1. The number of ether oxygens (including phenoxy) is 2. The second-order valence-corrected chi connectivity index (χ2v) is 6.68. The van der Waals surface area contributed by atoms with E-state index in [1.54, 1.807) is 6.21 Å². The lowest BCUT2D eigenvalue weighted by molar-refractivity contribution is 0.122. The number of nitrogens with zero attached hydrogens (tertiary/aromatic N) is 3. The van der Waals surface area contributed by atoms with Crippen molar-refractivity contribution in [3.8, 4) is 0 Å². The van der Waals surface area contributed by atoms with Gasteiger partial charge in [-0.3, -0.25) is 4.99 Å². The van der Waals surface area contributed by atoms with Crippen LogP contribution in [-0.4, -0.2) is 58.8 Å². The summed E-state index contributed by atoms with van der Waals surface area (Å²) in [7, 11) is 0. The first kappa shape index (κ1) is 17.9. The van der Waals surface area contributed by atoms with E-state index in [0.29, 0.717) is 18.9 Å². The van der Waals surface area contributed by atoms with Crippen LogP contribution >= 0.6 is 0 Å². The molecule has 0 atom stereocenters. The summed E-state index contributed by atoms with van der Waals surface area (Å²) < 4.78 is 25.2. The Labute approximate surface area is 159 Å². The monoisotopic (exact) mass is 369 g/mol. The highest BCUT2D eigenvalue weighted by molar-refractivity contribution is 5.82. The molecular weight excluding hydrogens is 345 g/mol. The summed E-state index contributed by atoms with van der Waals surface area (Å²) in [6.07, 6.45) is 1.70. The molecule has 0 spiro atoms. The molecule has 2 aliphatic rings. The molecule has 6 heteroatoms. The van der Waals surface area contributed by atoms with E-state index in [1.807, 2.05) is 29.2 Å².